The van der Waals surface area contributed by atoms with E-state index in [1.54, 1.807) is 0 Å². The fourth-order valence-corrected chi connectivity index (χ4v) is 3.79. The van der Waals surface area contributed by atoms with Crippen molar-refractivity contribution in [3.8, 4) is 0 Å². The smallest absolute Gasteiger partial charge is 0.422 e. The molecular formula is C30H24F14Rh2S2-2. The molecule has 0 unspecified atom stereocenters. The van der Waals surface area contributed by atoms with Crippen molar-refractivity contribution in [1.82, 2.24) is 0 Å². The molecule has 2 aliphatic carbocycles. The number of benzene rings is 2. The van der Waals surface area contributed by atoms with Gasteiger partial charge in [-0.15, -0.1) is 0 Å². The van der Waals surface area contributed by atoms with E-state index in [2.05, 4.69) is 73.9 Å². The van der Waals surface area contributed by atoms with Crippen LogP contribution >= 0.6 is 0 Å². The third-order valence-corrected chi connectivity index (χ3v) is 6.40. The molecule has 0 saturated heterocycles. The van der Waals surface area contributed by atoms with Crippen LogP contribution in [0.4, 0.5) is 61.5 Å². The molecule has 48 heavy (non-hydrogen) atoms. The Labute approximate surface area is 304 Å². The van der Waals surface area contributed by atoms with Crippen molar-refractivity contribution in [2.75, 3.05) is 0 Å². The van der Waals surface area contributed by atoms with Crippen LogP contribution in [0.15, 0.2) is 58.4 Å². The summed E-state index contributed by atoms with van der Waals surface area (Å²) >= 11 is 7.71. The standard InChI is InChI=1S/2C8H12.2C7HF7S.2Rh/c2*1-2-4-6-8-7-5-3-1;2*8-2-1(7(12,13)14)3(9)5(11)6(15)4(2)10;;/h2*1-2,7-8H,3-6H2;2*15H;;/p-2/b2*2-1-,8-7-;;;;. The van der Waals surface area contributed by atoms with E-state index in [1.807, 2.05) is 0 Å². The fraction of sp³-hybridized carbons (Fsp3) is 0.333. The van der Waals surface area contributed by atoms with E-state index in [1.165, 1.54) is 51.4 Å². The van der Waals surface area contributed by atoms with E-state index in [-0.39, 0.29) is 39.0 Å². The minimum atomic E-state index is -5.53. The van der Waals surface area contributed by atoms with E-state index < -0.39 is 79.8 Å². The van der Waals surface area contributed by atoms with Gasteiger partial charge in [0.05, 0.1) is 0 Å². The van der Waals surface area contributed by atoms with Gasteiger partial charge in [0.2, 0.25) is 0 Å². The van der Waals surface area contributed by atoms with Gasteiger partial charge in [-0.05, 0) is 51.4 Å². The first-order chi connectivity index (χ1) is 21.4. The minimum Gasteiger partial charge on any atom is -0.774 e. The third kappa shape index (κ3) is 14.9. The normalized spacial score (nSPS) is 16.8. The van der Waals surface area contributed by atoms with E-state index >= 15 is 0 Å². The molecule has 0 fully saturated rings. The summed E-state index contributed by atoms with van der Waals surface area (Å²) in [6, 6.07) is 0. The van der Waals surface area contributed by atoms with Crippen molar-refractivity contribution < 1.29 is 100 Å². The quantitative estimate of drug-likeness (QED) is 0.0849. The van der Waals surface area contributed by atoms with Crippen molar-refractivity contribution in [2.45, 2.75) is 73.5 Å². The van der Waals surface area contributed by atoms with Crippen LogP contribution in [-0.2, 0) is 76.6 Å². The monoisotopic (exact) mass is 920 g/mol. The van der Waals surface area contributed by atoms with Crippen LogP contribution < -0.4 is 0 Å². The molecule has 0 aliphatic heterocycles. The van der Waals surface area contributed by atoms with Crippen LogP contribution in [0.3, 0.4) is 0 Å². The Bertz CT molecular complexity index is 1220. The predicted octanol–water partition coefficient (Wildman–Crippen LogP) is 11.7. The second kappa shape index (κ2) is 22.7. The molecule has 0 amide bonds. The number of allylic oxidation sites excluding steroid dienone is 8. The molecule has 0 aromatic heterocycles. The summed E-state index contributed by atoms with van der Waals surface area (Å²) in [4.78, 5) is -3.09. The average Bonchev–Trinajstić information content (AvgIpc) is 2.92. The third-order valence-electron chi connectivity index (χ3n) is 5.68. The second-order valence-electron chi connectivity index (χ2n) is 9.11. The molecule has 4 rings (SSSR count). The van der Waals surface area contributed by atoms with Crippen LogP contribution in [0.25, 0.3) is 0 Å². The van der Waals surface area contributed by atoms with Crippen LogP contribution in [0, 0.1) is 46.5 Å². The summed E-state index contributed by atoms with van der Waals surface area (Å²) in [6.45, 7) is 0. The van der Waals surface area contributed by atoms with Gasteiger partial charge in [0.25, 0.3) is 0 Å². The molecule has 0 atom stereocenters. The largest absolute Gasteiger partial charge is 0.774 e. The van der Waals surface area contributed by atoms with E-state index in [4.69, 9.17) is 0 Å². The van der Waals surface area contributed by atoms with Gasteiger partial charge in [-0.1, -0.05) is 58.4 Å². The Hall–Kier alpha value is -1.89. The Kier molecular flexibility index (Phi) is 22.9. The van der Waals surface area contributed by atoms with Gasteiger partial charge in [-0.2, -0.15) is 26.3 Å². The second-order valence-corrected chi connectivity index (χ2v) is 9.93. The molecule has 0 nitrogen and oxygen atoms in total. The molecule has 0 bridgehead atoms. The topological polar surface area (TPSA) is 0 Å². The van der Waals surface area contributed by atoms with Crippen molar-refractivity contribution in [3.63, 3.8) is 0 Å². The van der Waals surface area contributed by atoms with Gasteiger partial charge in [-0.3, -0.25) is 0 Å². The maximum atomic E-state index is 12.6. The van der Waals surface area contributed by atoms with Crippen LogP contribution in [0.1, 0.15) is 62.5 Å². The molecule has 0 saturated carbocycles. The number of halogens is 14. The minimum absolute atomic E-state index is 0. The number of hydrogen-bond donors (Lipinski definition) is 0. The summed E-state index contributed by atoms with van der Waals surface area (Å²) < 4.78 is 173. The summed E-state index contributed by atoms with van der Waals surface area (Å²) in [7, 11) is 0. The van der Waals surface area contributed by atoms with Crippen LogP contribution in [-0.4, -0.2) is 0 Å². The maximum Gasteiger partial charge on any atom is 0.422 e. The zero-order chi connectivity index (χ0) is 35.2. The molecule has 274 valence electrons. The first kappa shape index (κ1) is 48.2. The summed E-state index contributed by atoms with van der Waals surface area (Å²) in [5.74, 6) is -19.0. The Morgan fingerprint density at radius 1 is 0.333 bits per heavy atom. The zero-order valence-electron chi connectivity index (χ0n) is 24.1. The van der Waals surface area contributed by atoms with Gasteiger partial charge in [0.1, 0.15) is 34.4 Å². The molecule has 18 heteroatoms. The zero-order valence-corrected chi connectivity index (χ0v) is 29.0. The molecular weight excluding hydrogens is 896 g/mol. The molecule has 2 aliphatic rings. The van der Waals surface area contributed by atoms with Crippen molar-refractivity contribution in [1.29, 1.82) is 0 Å². The Morgan fingerprint density at radius 2 is 0.479 bits per heavy atom. The van der Waals surface area contributed by atoms with Crippen LogP contribution in [0.2, 0.25) is 0 Å². The Balaban J connectivity index is 0. The first-order valence-corrected chi connectivity index (χ1v) is 14.0. The van der Waals surface area contributed by atoms with E-state index in [9.17, 15) is 61.5 Å². The van der Waals surface area contributed by atoms with Crippen molar-refractivity contribution in [2.24, 2.45) is 0 Å². The number of rotatable bonds is 0. The molecule has 0 heterocycles. The summed E-state index contributed by atoms with van der Waals surface area (Å²) in [5.41, 5.74) is -5.24. The number of alkyl halides is 6. The molecule has 2 aromatic carbocycles. The average molecular weight is 920 g/mol. The maximum absolute atomic E-state index is 12.6. The molecule has 2 aromatic rings. The SMILES string of the molecule is C1=C\CC/C=C\CC/1.C1=C\CC/C=C\CC/1.Fc1c(F)c(C(F)(F)F)c(F)c(F)c1[S-].Fc1c(F)c(C(F)(F)F)c(F)c(F)c1[S-].[Rh].[Rh]. The molecule has 2 radical (unpaired) electrons. The molecule has 0 spiro atoms. The van der Waals surface area contributed by atoms with E-state index in [0.29, 0.717) is 0 Å². The summed E-state index contributed by atoms with van der Waals surface area (Å²) in [6.07, 6.45) is 16.9. The van der Waals surface area contributed by atoms with Gasteiger partial charge >= 0.3 is 12.4 Å². The van der Waals surface area contributed by atoms with Crippen molar-refractivity contribution >= 4 is 25.3 Å². The van der Waals surface area contributed by atoms with Crippen LogP contribution in [0.5, 0.6) is 0 Å². The summed E-state index contributed by atoms with van der Waals surface area (Å²) in [5, 5.41) is 0. The van der Waals surface area contributed by atoms with Crippen molar-refractivity contribution in [3.05, 3.63) is 106 Å². The van der Waals surface area contributed by atoms with Gasteiger partial charge < -0.3 is 25.3 Å². The Morgan fingerprint density at radius 3 is 0.604 bits per heavy atom. The number of hydrogen-bond acceptors (Lipinski definition) is 2. The predicted molar refractivity (Wildman–Crippen MR) is 147 cm³/mol. The fourth-order valence-electron chi connectivity index (χ4n) is 3.43. The van der Waals surface area contributed by atoms with E-state index in [0.717, 1.165) is 0 Å². The first-order valence-electron chi connectivity index (χ1n) is 13.2. The van der Waals surface area contributed by atoms with Gasteiger partial charge in [-0.25, -0.2) is 35.1 Å². The van der Waals surface area contributed by atoms with Gasteiger partial charge in [0, 0.05) is 39.0 Å². The van der Waals surface area contributed by atoms with Gasteiger partial charge in [0.15, 0.2) is 23.3 Å². The molecule has 0 N–H and O–H groups in total.